The van der Waals surface area contributed by atoms with Gasteiger partial charge < -0.3 is 0 Å². The molecule has 0 amide bonds. The number of aliphatic imine (C=N–C) groups is 1. The maximum Gasteiger partial charge on any atom is 0.0818 e. The quantitative estimate of drug-likeness (QED) is 0.612. The number of nitrogens with zero attached hydrogens (tertiary/aromatic N) is 2. The molecule has 2 heterocycles. The Morgan fingerprint density at radius 2 is 2.17 bits per heavy atom. The lowest BCUT2D eigenvalue weighted by molar-refractivity contribution is 0.944. The molecular weight excluding hydrogens is 148 g/mol. The molecule has 1 aromatic rings. The molecule has 0 bridgehead atoms. The zero-order chi connectivity index (χ0) is 7.97. The summed E-state index contributed by atoms with van der Waals surface area (Å²) in [5.41, 5.74) is 3.65. The Balaban J connectivity index is 2.06. The first-order valence-electron chi connectivity index (χ1n) is 4.43. The van der Waals surface area contributed by atoms with Crippen molar-refractivity contribution >= 4 is 6.21 Å². The molecule has 0 N–H and O–H groups in total. The van der Waals surface area contributed by atoms with E-state index in [2.05, 4.69) is 22.1 Å². The number of hydrogen-bond donors (Lipinski definition) is 0. The van der Waals surface area contributed by atoms with E-state index in [0.29, 0.717) is 0 Å². The molecule has 60 valence electrons. The van der Waals surface area contributed by atoms with Crippen LogP contribution in [0.3, 0.4) is 0 Å². The Labute approximate surface area is 71.4 Å². The Morgan fingerprint density at radius 3 is 3.00 bits per heavy atom. The number of rotatable bonds is 1. The highest BCUT2D eigenvalue weighted by Crippen LogP contribution is 2.39. The van der Waals surface area contributed by atoms with Crippen molar-refractivity contribution in [2.75, 3.05) is 0 Å². The lowest BCUT2D eigenvalue weighted by Crippen LogP contribution is -1.93. The molecule has 0 saturated heterocycles. The highest BCUT2D eigenvalue weighted by atomic mass is 14.8. The van der Waals surface area contributed by atoms with Crippen LogP contribution in [0, 0.1) is 0 Å². The van der Waals surface area contributed by atoms with Crippen molar-refractivity contribution in [3.05, 3.63) is 29.1 Å². The molecule has 1 aliphatic carbocycles. The maximum atomic E-state index is 4.59. The van der Waals surface area contributed by atoms with E-state index < -0.39 is 0 Å². The minimum absolute atomic E-state index is 0.760. The molecular formula is C10H10N2. The van der Waals surface area contributed by atoms with E-state index in [-0.39, 0.29) is 0 Å². The van der Waals surface area contributed by atoms with Crippen LogP contribution in [0.2, 0.25) is 0 Å². The van der Waals surface area contributed by atoms with E-state index in [1.165, 1.54) is 29.8 Å². The van der Waals surface area contributed by atoms with Gasteiger partial charge in [-0.1, -0.05) is 0 Å². The summed E-state index contributed by atoms with van der Waals surface area (Å²) in [6.07, 6.45) is 4.57. The average Bonchev–Trinajstić information content (AvgIpc) is 2.84. The minimum atomic E-state index is 0.760. The normalized spacial score (nSPS) is 19.7. The number of pyridine rings is 1. The Morgan fingerprint density at radius 1 is 1.25 bits per heavy atom. The molecule has 0 spiro atoms. The molecule has 12 heavy (non-hydrogen) atoms. The SMILES string of the molecule is C1=NCc2nc(C3CC3)ccc21. The molecule has 3 rings (SSSR count). The predicted molar refractivity (Wildman–Crippen MR) is 47.5 cm³/mol. The highest BCUT2D eigenvalue weighted by Gasteiger charge is 2.25. The van der Waals surface area contributed by atoms with E-state index >= 15 is 0 Å². The second-order valence-electron chi connectivity index (χ2n) is 3.52. The smallest absolute Gasteiger partial charge is 0.0818 e. The number of fused-ring (bicyclic) bond motifs is 1. The van der Waals surface area contributed by atoms with Crippen molar-refractivity contribution in [2.45, 2.75) is 25.3 Å². The first-order valence-corrected chi connectivity index (χ1v) is 4.43. The lowest BCUT2D eigenvalue weighted by atomic mass is 10.2. The van der Waals surface area contributed by atoms with Crippen LogP contribution in [0.25, 0.3) is 0 Å². The first kappa shape index (κ1) is 6.35. The zero-order valence-corrected chi connectivity index (χ0v) is 6.83. The van der Waals surface area contributed by atoms with Crippen LogP contribution in [0.4, 0.5) is 0 Å². The van der Waals surface area contributed by atoms with Crippen LogP contribution >= 0.6 is 0 Å². The molecule has 0 aromatic carbocycles. The summed E-state index contributed by atoms with van der Waals surface area (Å²) >= 11 is 0. The summed E-state index contributed by atoms with van der Waals surface area (Å²) in [5.74, 6) is 0.760. The molecule has 0 radical (unpaired) electrons. The third kappa shape index (κ3) is 0.876. The van der Waals surface area contributed by atoms with Crippen molar-refractivity contribution in [3.63, 3.8) is 0 Å². The van der Waals surface area contributed by atoms with Crippen molar-refractivity contribution < 1.29 is 0 Å². The highest BCUT2D eigenvalue weighted by molar-refractivity contribution is 5.83. The van der Waals surface area contributed by atoms with Crippen LogP contribution in [0.15, 0.2) is 17.1 Å². The average molecular weight is 158 g/mol. The summed E-state index contributed by atoms with van der Waals surface area (Å²) in [6.45, 7) is 0.788. The van der Waals surface area contributed by atoms with Gasteiger partial charge in [-0.05, 0) is 25.0 Å². The molecule has 1 fully saturated rings. The molecule has 0 unspecified atom stereocenters. The fraction of sp³-hybridized carbons (Fsp3) is 0.400. The zero-order valence-electron chi connectivity index (χ0n) is 6.83. The molecule has 2 aliphatic rings. The van der Waals surface area contributed by atoms with Gasteiger partial charge in [-0.2, -0.15) is 0 Å². The number of aromatic nitrogens is 1. The van der Waals surface area contributed by atoms with Gasteiger partial charge in [-0.15, -0.1) is 0 Å². The van der Waals surface area contributed by atoms with E-state index in [1.54, 1.807) is 0 Å². The summed E-state index contributed by atoms with van der Waals surface area (Å²) < 4.78 is 0. The Kier molecular flexibility index (Phi) is 1.14. The van der Waals surface area contributed by atoms with Gasteiger partial charge in [0.2, 0.25) is 0 Å². The topological polar surface area (TPSA) is 25.2 Å². The minimum Gasteiger partial charge on any atom is -0.286 e. The van der Waals surface area contributed by atoms with Crippen molar-refractivity contribution in [3.8, 4) is 0 Å². The van der Waals surface area contributed by atoms with Crippen LogP contribution in [-0.2, 0) is 6.54 Å². The Hall–Kier alpha value is -1.18. The van der Waals surface area contributed by atoms with Crippen LogP contribution in [0.5, 0.6) is 0 Å². The second-order valence-corrected chi connectivity index (χ2v) is 3.52. The summed E-state index contributed by atoms with van der Waals surface area (Å²) in [7, 11) is 0. The van der Waals surface area contributed by atoms with Gasteiger partial charge in [0.25, 0.3) is 0 Å². The van der Waals surface area contributed by atoms with Crippen molar-refractivity contribution in [1.82, 2.24) is 4.98 Å². The van der Waals surface area contributed by atoms with Gasteiger partial charge in [0, 0.05) is 23.4 Å². The monoisotopic (exact) mass is 158 g/mol. The summed E-state index contributed by atoms with van der Waals surface area (Å²) in [6, 6.07) is 4.29. The van der Waals surface area contributed by atoms with E-state index in [0.717, 1.165) is 12.5 Å². The third-order valence-electron chi connectivity index (χ3n) is 2.50. The van der Waals surface area contributed by atoms with E-state index in [9.17, 15) is 0 Å². The summed E-state index contributed by atoms with van der Waals surface area (Å²) in [5, 5.41) is 0. The maximum absolute atomic E-state index is 4.59. The molecule has 2 nitrogen and oxygen atoms in total. The molecule has 0 atom stereocenters. The molecule has 1 aromatic heterocycles. The van der Waals surface area contributed by atoms with Crippen molar-refractivity contribution in [1.29, 1.82) is 0 Å². The molecule has 1 saturated carbocycles. The molecule has 2 heteroatoms. The van der Waals surface area contributed by atoms with E-state index in [4.69, 9.17) is 0 Å². The van der Waals surface area contributed by atoms with Crippen LogP contribution in [0.1, 0.15) is 35.7 Å². The fourth-order valence-corrected chi connectivity index (χ4v) is 1.61. The van der Waals surface area contributed by atoms with Gasteiger partial charge in [0.1, 0.15) is 0 Å². The van der Waals surface area contributed by atoms with Crippen LogP contribution in [-0.4, -0.2) is 11.2 Å². The predicted octanol–water partition coefficient (Wildman–Crippen LogP) is 1.89. The lowest BCUT2D eigenvalue weighted by Gasteiger charge is -1.99. The van der Waals surface area contributed by atoms with Gasteiger partial charge in [-0.3, -0.25) is 9.98 Å². The largest absolute Gasteiger partial charge is 0.286 e. The molecule has 1 aliphatic heterocycles. The van der Waals surface area contributed by atoms with Crippen molar-refractivity contribution in [2.24, 2.45) is 4.99 Å². The number of hydrogen-bond acceptors (Lipinski definition) is 2. The van der Waals surface area contributed by atoms with Gasteiger partial charge >= 0.3 is 0 Å². The third-order valence-corrected chi connectivity index (χ3v) is 2.50. The second kappa shape index (κ2) is 2.16. The fourth-order valence-electron chi connectivity index (χ4n) is 1.61. The Bertz CT molecular complexity index is 351. The van der Waals surface area contributed by atoms with Gasteiger partial charge in [-0.25, -0.2) is 0 Å². The van der Waals surface area contributed by atoms with Gasteiger partial charge in [0.15, 0.2) is 0 Å². The van der Waals surface area contributed by atoms with Gasteiger partial charge in [0.05, 0.1) is 12.2 Å². The standard InChI is InChI=1S/C10H10N2/c1-2-7(1)9-4-3-8-5-11-6-10(8)12-9/h3-5,7H,1-2,6H2. The first-order chi connectivity index (χ1) is 5.93. The van der Waals surface area contributed by atoms with Crippen LogP contribution < -0.4 is 0 Å². The van der Waals surface area contributed by atoms with E-state index in [1.807, 2.05) is 6.21 Å². The summed E-state index contributed by atoms with van der Waals surface area (Å²) in [4.78, 5) is 8.77.